The van der Waals surface area contributed by atoms with Crippen molar-refractivity contribution in [1.82, 2.24) is 30.2 Å². The first kappa shape index (κ1) is 13.9. The summed E-state index contributed by atoms with van der Waals surface area (Å²) in [7, 11) is 0. The van der Waals surface area contributed by atoms with E-state index in [-0.39, 0.29) is 0 Å². The third-order valence-electron chi connectivity index (χ3n) is 4.76. The lowest BCUT2D eigenvalue weighted by Crippen LogP contribution is -2.31. The number of piperidine rings is 1. The molecule has 1 unspecified atom stereocenters. The molecule has 118 valence electrons. The summed E-state index contributed by atoms with van der Waals surface area (Å²) in [6.07, 6.45) is 10.2. The van der Waals surface area contributed by atoms with Crippen molar-refractivity contribution < 1.29 is 4.52 Å². The van der Waals surface area contributed by atoms with Gasteiger partial charge in [0.15, 0.2) is 5.82 Å². The summed E-state index contributed by atoms with van der Waals surface area (Å²) in [6, 6.07) is 0.371. The number of hydrogen-bond acceptors (Lipinski definition) is 6. The molecule has 1 saturated carbocycles. The van der Waals surface area contributed by atoms with Gasteiger partial charge in [-0.1, -0.05) is 24.4 Å². The van der Waals surface area contributed by atoms with E-state index in [9.17, 15) is 0 Å². The van der Waals surface area contributed by atoms with E-state index in [2.05, 4.69) is 25.5 Å². The van der Waals surface area contributed by atoms with Gasteiger partial charge in [0.05, 0.1) is 6.04 Å². The molecule has 1 aliphatic heterocycles. The molecule has 2 aliphatic rings. The van der Waals surface area contributed by atoms with Crippen LogP contribution in [0, 0.1) is 0 Å². The summed E-state index contributed by atoms with van der Waals surface area (Å²) < 4.78 is 7.31. The van der Waals surface area contributed by atoms with Crippen LogP contribution in [0.3, 0.4) is 0 Å². The van der Waals surface area contributed by atoms with E-state index in [1.54, 1.807) is 6.33 Å². The molecule has 2 aromatic heterocycles. The molecule has 7 heteroatoms. The highest BCUT2D eigenvalue weighted by molar-refractivity contribution is 5.38. The molecule has 0 aromatic carbocycles. The molecule has 2 fully saturated rings. The molecule has 0 bridgehead atoms. The van der Waals surface area contributed by atoms with E-state index >= 15 is 0 Å². The van der Waals surface area contributed by atoms with Gasteiger partial charge >= 0.3 is 0 Å². The van der Waals surface area contributed by atoms with Gasteiger partial charge in [-0.3, -0.25) is 0 Å². The van der Waals surface area contributed by atoms with Crippen LogP contribution in [-0.2, 0) is 0 Å². The van der Waals surface area contributed by atoms with Gasteiger partial charge in [0.25, 0.3) is 5.89 Å². The Hall–Kier alpha value is -1.76. The normalized spacial score (nSPS) is 23.7. The molecule has 1 aliphatic carbocycles. The fraction of sp³-hybridized carbons (Fsp3) is 0.733. The largest absolute Gasteiger partial charge is 0.330 e. The molecule has 1 N–H and O–H groups in total. The number of nitrogens with one attached hydrogen (secondary N) is 1. The van der Waals surface area contributed by atoms with Gasteiger partial charge in [-0.15, -0.1) is 5.10 Å². The van der Waals surface area contributed by atoms with Crippen molar-refractivity contribution in [2.75, 3.05) is 13.1 Å². The summed E-state index contributed by atoms with van der Waals surface area (Å²) in [6.45, 7) is 2.03. The average molecular weight is 302 g/mol. The van der Waals surface area contributed by atoms with Crippen LogP contribution in [0.2, 0.25) is 0 Å². The minimum atomic E-state index is 0.371. The predicted octanol–water partition coefficient (Wildman–Crippen LogP) is 2.30. The van der Waals surface area contributed by atoms with Gasteiger partial charge in [0, 0.05) is 12.5 Å². The molecular weight excluding hydrogens is 280 g/mol. The monoisotopic (exact) mass is 302 g/mol. The smallest absolute Gasteiger partial charge is 0.297 e. The fourth-order valence-corrected chi connectivity index (χ4v) is 3.46. The summed E-state index contributed by atoms with van der Waals surface area (Å²) in [4.78, 5) is 8.88. The van der Waals surface area contributed by atoms with E-state index in [4.69, 9.17) is 4.52 Å². The second-order valence-corrected chi connectivity index (χ2v) is 6.34. The Balaban J connectivity index is 1.50. The molecule has 4 rings (SSSR count). The van der Waals surface area contributed by atoms with E-state index in [1.807, 2.05) is 4.68 Å². The third-order valence-corrected chi connectivity index (χ3v) is 4.76. The molecule has 22 heavy (non-hydrogen) atoms. The number of rotatable bonds is 3. The summed E-state index contributed by atoms with van der Waals surface area (Å²) in [5, 5.41) is 12.1. The molecule has 1 saturated heterocycles. The summed E-state index contributed by atoms with van der Waals surface area (Å²) >= 11 is 0. The maximum atomic E-state index is 5.39. The van der Waals surface area contributed by atoms with Gasteiger partial charge in [0.1, 0.15) is 6.33 Å². The van der Waals surface area contributed by atoms with E-state index in [1.165, 1.54) is 25.7 Å². The van der Waals surface area contributed by atoms with Crippen LogP contribution in [0.15, 0.2) is 10.9 Å². The Morgan fingerprint density at radius 2 is 2.05 bits per heavy atom. The quantitative estimate of drug-likeness (QED) is 0.937. The second kappa shape index (κ2) is 6.16. The molecule has 2 aromatic rings. The molecule has 7 nitrogen and oxygen atoms in total. The maximum absolute atomic E-state index is 5.39. The molecule has 1 atom stereocenters. The topological polar surface area (TPSA) is 81.7 Å². The highest BCUT2D eigenvalue weighted by Gasteiger charge is 2.23. The molecule has 0 radical (unpaired) electrons. The van der Waals surface area contributed by atoms with Crippen LogP contribution in [0.1, 0.15) is 62.7 Å². The van der Waals surface area contributed by atoms with Crippen molar-refractivity contribution >= 4 is 0 Å². The van der Waals surface area contributed by atoms with Crippen molar-refractivity contribution in [2.24, 2.45) is 0 Å². The first-order valence-corrected chi connectivity index (χ1v) is 8.36. The summed E-state index contributed by atoms with van der Waals surface area (Å²) in [5.41, 5.74) is 0. The third kappa shape index (κ3) is 2.77. The van der Waals surface area contributed by atoms with Gasteiger partial charge < -0.3 is 9.84 Å². The lowest BCUT2D eigenvalue weighted by Gasteiger charge is -2.22. The first-order chi connectivity index (χ1) is 10.9. The predicted molar refractivity (Wildman–Crippen MR) is 80.3 cm³/mol. The zero-order valence-electron chi connectivity index (χ0n) is 12.7. The molecule has 0 spiro atoms. The highest BCUT2D eigenvalue weighted by atomic mass is 16.5. The van der Waals surface area contributed by atoms with Crippen LogP contribution < -0.4 is 5.32 Å². The maximum Gasteiger partial charge on any atom is 0.297 e. The Bertz CT molecular complexity index is 555. The number of aromatic nitrogens is 5. The Kier molecular flexibility index (Phi) is 3.88. The standard InChI is InChI=1S/C15H22N6O/c1-2-5-11(6-3-1)13-18-15(22-20-13)14-17-10-21(19-14)12-7-4-8-16-9-12/h10-12,16H,1-9H2. The van der Waals surface area contributed by atoms with Crippen molar-refractivity contribution in [3.05, 3.63) is 12.2 Å². The average Bonchev–Trinajstić information content (AvgIpc) is 3.26. The first-order valence-electron chi connectivity index (χ1n) is 8.36. The van der Waals surface area contributed by atoms with Crippen molar-refractivity contribution in [2.45, 2.75) is 56.9 Å². The van der Waals surface area contributed by atoms with Crippen molar-refractivity contribution in [3.63, 3.8) is 0 Å². The van der Waals surface area contributed by atoms with Crippen LogP contribution in [0.4, 0.5) is 0 Å². The Labute approximate surface area is 129 Å². The van der Waals surface area contributed by atoms with Crippen LogP contribution in [-0.4, -0.2) is 38.0 Å². The van der Waals surface area contributed by atoms with Crippen molar-refractivity contribution in [3.8, 4) is 11.7 Å². The highest BCUT2D eigenvalue weighted by Crippen LogP contribution is 2.31. The van der Waals surface area contributed by atoms with Gasteiger partial charge in [0.2, 0.25) is 5.82 Å². The Morgan fingerprint density at radius 3 is 2.86 bits per heavy atom. The van der Waals surface area contributed by atoms with E-state index in [0.29, 0.717) is 23.7 Å². The Morgan fingerprint density at radius 1 is 1.14 bits per heavy atom. The fourth-order valence-electron chi connectivity index (χ4n) is 3.46. The van der Waals surface area contributed by atoms with E-state index in [0.717, 1.165) is 38.2 Å². The van der Waals surface area contributed by atoms with Crippen LogP contribution >= 0.6 is 0 Å². The molecule has 0 amide bonds. The van der Waals surface area contributed by atoms with Gasteiger partial charge in [-0.25, -0.2) is 9.67 Å². The van der Waals surface area contributed by atoms with Crippen molar-refractivity contribution in [1.29, 1.82) is 0 Å². The minimum absolute atomic E-state index is 0.371. The summed E-state index contributed by atoms with van der Waals surface area (Å²) in [5.74, 6) is 2.25. The zero-order valence-corrected chi connectivity index (χ0v) is 12.7. The van der Waals surface area contributed by atoms with E-state index < -0.39 is 0 Å². The van der Waals surface area contributed by atoms with Crippen LogP contribution in [0.25, 0.3) is 11.7 Å². The second-order valence-electron chi connectivity index (χ2n) is 6.34. The van der Waals surface area contributed by atoms with Gasteiger partial charge in [-0.2, -0.15) is 4.98 Å². The minimum Gasteiger partial charge on any atom is -0.330 e. The number of nitrogens with zero attached hydrogens (tertiary/aromatic N) is 5. The zero-order chi connectivity index (χ0) is 14.8. The van der Waals surface area contributed by atoms with Crippen LogP contribution in [0.5, 0.6) is 0 Å². The molecule has 3 heterocycles. The lowest BCUT2D eigenvalue weighted by atomic mass is 9.89. The molecular formula is C15H22N6O. The number of hydrogen-bond donors (Lipinski definition) is 1. The lowest BCUT2D eigenvalue weighted by molar-refractivity contribution is 0.345. The SMILES string of the molecule is c1nc(-c2nc(C3CCCCC3)no2)nn1C1CCCNC1. The van der Waals surface area contributed by atoms with Gasteiger partial charge in [-0.05, 0) is 32.2 Å².